The van der Waals surface area contributed by atoms with Crippen LogP contribution in [0.1, 0.15) is 29.2 Å². The molecule has 1 heterocycles. The summed E-state index contributed by atoms with van der Waals surface area (Å²) >= 11 is 0. The number of carbonyl (C=O) groups excluding carboxylic acids is 1. The van der Waals surface area contributed by atoms with Gasteiger partial charge in [0, 0.05) is 23.7 Å². The van der Waals surface area contributed by atoms with E-state index in [1.54, 1.807) is 18.2 Å². The van der Waals surface area contributed by atoms with Crippen LogP contribution in [0.2, 0.25) is 0 Å². The minimum atomic E-state index is -1.13. The second-order valence-corrected chi connectivity index (χ2v) is 7.05. The van der Waals surface area contributed by atoms with E-state index in [0.29, 0.717) is 40.6 Å². The number of nitrogens with two attached hydrogens (primary N) is 1. The van der Waals surface area contributed by atoms with Gasteiger partial charge in [-0.15, -0.1) is 0 Å². The Labute approximate surface area is 164 Å². The predicted octanol–water partition coefficient (Wildman–Crippen LogP) is 2.95. The van der Waals surface area contributed by atoms with Crippen molar-refractivity contribution in [3.63, 3.8) is 0 Å². The van der Waals surface area contributed by atoms with E-state index in [1.807, 2.05) is 4.57 Å². The van der Waals surface area contributed by atoms with Crippen molar-refractivity contribution in [3.8, 4) is 5.75 Å². The lowest BCUT2D eigenvalue weighted by Crippen LogP contribution is -2.19. The van der Waals surface area contributed by atoms with E-state index in [0.717, 1.165) is 11.8 Å². The van der Waals surface area contributed by atoms with E-state index in [2.05, 4.69) is 0 Å². The van der Waals surface area contributed by atoms with E-state index in [1.165, 1.54) is 12.1 Å². The fourth-order valence-corrected chi connectivity index (χ4v) is 4.13. The number of aromatic nitrogens is 1. The Morgan fingerprint density at radius 1 is 1.21 bits per heavy atom. The molecule has 0 radical (unpaired) electrons. The quantitative estimate of drug-likeness (QED) is 0.665. The number of nitrogens with zero attached hydrogens (tertiary/aromatic N) is 1. The molecule has 0 aliphatic heterocycles. The zero-order valence-electron chi connectivity index (χ0n) is 15.3. The highest BCUT2D eigenvalue weighted by molar-refractivity contribution is 5.97. The summed E-state index contributed by atoms with van der Waals surface area (Å²) < 4.78 is 34.7. The monoisotopic (exact) mass is 400 g/mol. The number of amides is 1. The second kappa shape index (κ2) is 7.20. The molecule has 1 unspecified atom stereocenters. The number of halogens is 2. The molecule has 8 heteroatoms. The van der Waals surface area contributed by atoms with Gasteiger partial charge < -0.3 is 20.1 Å². The fraction of sp³-hybridized carbons (Fsp3) is 0.238. The van der Waals surface area contributed by atoms with Gasteiger partial charge in [0.05, 0.1) is 11.4 Å². The lowest BCUT2D eigenvalue weighted by Gasteiger charge is -2.12. The Hall–Kier alpha value is -3.42. The lowest BCUT2D eigenvalue weighted by atomic mass is 9.99. The molecule has 1 atom stereocenters. The van der Waals surface area contributed by atoms with Crippen LogP contribution in [0.5, 0.6) is 5.75 Å². The number of carbonyl (C=O) groups is 2. The van der Waals surface area contributed by atoms with Crippen LogP contribution in [0.4, 0.5) is 8.78 Å². The number of primary amides is 1. The molecule has 4 rings (SSSR count). The van der Waals surface area contributed by atoms with Gasteiger partial charge in [0.15, 0.2) is 6.61 Å². The van der Waals surface area contributed by atoms with Crippen LogP contribution in [0.25, 0.3) is 10.9 Å². The average molecular weight is 400 g/mol. The maximum atomic E-state index is 13.7. The molecule has 0 saturated heterocycles. The zero-order valence-corrected chi connectivity index (χ0v) is 15.3. The topological polar surface area (TPSA) is 94.6 Å². The number of benzene rings is 2. The third kappa shape index (κ3) is 3.41. The maximum Gasteiger partial charge on any atom is 0.341 e. The van der Waals surface area contributed by atoms with Crippen LogP contribution in [0.15, 0.2) is 36.4 Å². The molecule has 1 aliphatic rings. The van der Waals surface area contributed by atoms with E-state index in [-0.39, 0.29) is 6.54 Å². The number of aliphatic carboxylic acids is 1. The molecule has 2 aromatic carbocycles. The van der Waals surface area contributed by atoms with Crippen LogP contribution >= 0.6 is 0 Å². The molecule has 0 spiro atoms. The third-order valence-corrected chi connectivity index (χ3v) is 5.18. The minimum absolute atomic E-state index is 0.189. The molecule has 0 bridgehead atoms. The molecule has 3 N–H and O–H groups in total. The summed E-state index contributed by atoms with van der Waals surface area (Å²) in [6.07, 6.45) is 1.08. The number of hydrogen-bond acceptors (Lipinski definition) is 3. The van der Waals surface area contributed by atoms with Gasteiger partial charge in [-0.3, -0.25) is 4.79 Å². The summed E-state index contributed by atoms with van der Waals surface area (Å²) in [5.74, 6) is -3.15. The lowest BCUT2D eigenvalue weighted by molar-refractivity contribution is -0.139. The Kier molecular flexibility index (Phi) is 4.70. The van der Waals surface area contributed by atoms with Crippen molar-refractivity contribution in [1.29, 1.82) is 0 Å². The van der Waals surface area contributed by atoms with Gasteiger partial charge in [0.25, 0.3) is 0 Å². The van der Waals surface area contributed by atoms with Crippen LogP contribution in [0, 0.1) is 11.6 Å². The summed E-state index contributed by atoms with van der Waals surface area (Å²) in [7, 11) is 0. The van der Waals surface area contributed by atoms with Gasteiger partial charge in [0.1, 0.15) is 17.4 Å². The Bertz CT molecular complexity index is 1120. The van der Waals surface area contributed by atoms with Crippen LogP contribution in [-0.4, -0.2) is 28.2 Å². The highest BCUT2D eigenvalue weighted by atomic mass is 19.1. The van der Waals surface area contributed by atoms with E-state index in [9.17, 15) is 18.4 Å². The summed E-state index contributed by atoms with van der Waals surface area (Å²) in [6, 6.07) is 8.46. The number of hydrogen-bond donors (Lipinski definition) is 2. The third-order valence-electron chi connectivity index (χ3n) is 5.18. The SMILES string of the molecule is NC(=O)C1CCc2c1c1c(OCC(=O)O)cccc1n2Cc1cc(F)cc(F)c1. The number of ether oxygens (including phenoxy) is 1. The Balaban J connectivity index is 1.90. The van der Waals surface area contributed by atoms with Crippen molar-refractivity contribution in [2.75, 3.05) is 6.61 Å². The summed E-state index contributed by atoms with van der Waals surface area (Å²) in [4.78, 5) is 23.0. The highest BCUT2D eigenvalue weighted by Gasteiger charge is 2.34. The first-order valence-electron chi connectivity index (χ1n) is 9.08. The Morgan fingerprint density at radius 2 is 1.93 bits per heavy atom. The number of fused-ring (bicyclic) bond motifs is 3. The smallest absolute Gasteiger partial charge is 0.341 e. The summed E-state index contributed by atoms with van der Waals surface area (Å²) in [6.45, 7) is -0.343. The van der Waals surface area contributed by atoms with Gasteiger partial charge in [0.2, 0.25) is 5.91 Å². The minimum Gasteiger partial charge on any atom is -0.481 e. The number of rotatable bonds is 6. The zero-order chi connectivity index (χ0) is 20.7. The van der Waals surface area contributed by atoms with Crippen molar-refractivity contribution in [2.45, 2.75) is 25.3 Å². The molecule has 150 valence electrons. The summed E-state index contributed by atoms with van der Waals surface area (Å²) in [5, 5.41) is 9.57. The molecule has 6 nitrogen and oxygen atoms in total. The van der Waals surface area contributed by atoms with Gasteiger partial charge in [-0.25, -0.2) is 13.6 Å². The predicted molar refractivity (Wildman–Crippen MR) is 101 cm³/mol. The van der Waals surface area contributed by atoms with Crippen molar-refractivity contribution < 1.29 is 28.2 Å². The van der Waals surface area contributed by atoms with Gasteiger partial charge >= 0.3 is 5.97 Å². The van der Waals surface area contributed by atoms with Crippen LogP contribution < -0.4 is 10.5 Å². The standard InChI is InChI=1S/C21H18F2N2O4/c22-12-6-11(7-13(23)8-12)9-25-15-2-1-3-17(29-10-18(26)27)20(15)19-14(21(24)28)4-5-16(19)25/h1-3,6-8,14H,4-5,9-10H2,(H2,24,28)(H,26,27). The molecule has 29 heavy (non-hydrogen) atoms. The largest absolute Gasteiger partial charge is 0.481 e. The van der Waals surface area contributed by atoms with Crippen molar-refractivity contribution in [1.82, 2.24) is 4.57 Å². The summed E-state index contributed by atoms with van der Waals surface area (Å²) in [5.41, 5.74) is 8.25. The molecule has 1 aliphatic carbocycles. The second-order valence-electron chi connectivity index (χ2n) is 7.05. The van der Waals surface area contributed by atoms with Crippen molar-refractivity contribution in [3.05, 3.63) is 64.9 Å². The van der Waals surface area contributed by atoms with E-state index < -0.39 is 36.0 Å². The maximum absolute atomic E-state index is 13.7. The first-order chi connectivity index (χ1) is 13.8. The van der Waals surface area contributed by atoms with Gasteiger partial charge in [-0.2, -0.15) is 0 Å². The van der Waals surface area contributed by atoms with Gasteiger partial charge in [-0.05, 0) is 48.2 Å². The normalized spacial score (nSPS) is 15.4. The number of carboxylic acids is 1. The Morgan fingerprint density at radius 3 is 2.59 bits per heavy atom. The van der Waals surface area contributed by atoms with Crippen LogP contribution in [0.3, 0.4) is 0 Å². The molecule has 0 saturated carbocycles. The molecule has 1 amide bonds. The fourth-order valence-electron chi connectivity index (χ4n) is 4.13. The molecule has 3 aromatic rings. The molecule has 1 aromatic heterocycles. The van der Waals surface area contributed by atoms with E-state index in [4.69, 9.17) is 15.6 Å². The first-order valence-corrected chi connectivity index (χ1v) is 9.08. The average Bonchev–Trinajstić information content (AvgIpc) is 3.19. The van der Waals surface area contributed by atoms with Crippen molar-refractivity contribution in [2.24, 2.45) is 5.73 Å². The van der Waals surface area contributed by atoms with Crippen LogP contribution in [-0.2, 0) is 22.6 Å². The van der Waals surface area contributed by atoms with Crippen molar-refractivity contribution >= 4 is 22.8 Å². The molecular formula is C21H18F2N2O4. The first kappa shape index (κ1) is 18.9. The molecular weight excluding hydrogens is 382 g/mol. The van der Waals surface area contributed by atoms with E-state index >= 15 is 0 Å². The highest BCUT2D eigenvalue weighted by Crippen LogP contribution is 2.44. The molecule has 0 fully saturated rings. The number of carboxylic acid groups (broad SMARTS) is 1. The van der Waals surface area contributed by atoms with Gasteiger partial charge in [-0.1, -0.05) is 6.07 Å².